The average Bonchev–Trinajstić information content (AvgIpc) is 3.09. The van der Waals surface area contributed by atoms with Crippen molar-refractivity contribution < 1.29 is 9.53 Å². The fourth-order valence-electron chi connectivity index (χ4n) is 2.89. The maximum absolute atomic E-state index is 12.8. The summed E-state index contributed by atoms with van der Waals surface area (Å²) in [4.78, 5) is 41.3. The number of nitrogens with zero attached hydrogens (tertiary/aromatic N) is 4. The van der Waals surface area contributed by atoms with Crippen LogP contribution in [0, 0.1) is 0 Å². The molecule has 0 saturated heterocycles. The molecule has 9 heteroatoms. The quantitative estimate of drug-likeness (QED) is 0.433. The third-order valence-corrected chi connectivity index (χ3v) is 5.29. The first-order chi connectivity index (χ1) is 13.9. The van der Waals surface area contributed by atoms with Crippen LogP contribution >= 0.6 is 11.8 Å². The van der Waals surface area contributed by atoms with Crippen LogP contribution in [-0.4, -0.2) is 37.0 Å². The van der Waals surface area contributed by atoms with Crippen LogP contribution in [0.2, 0.25) is 0 Å². The minimum atomic E-state index is -0.450. The van der Waals surface area contributed by atoms with Crippen molar-refractivity contribution in [3.05, 3.63) is 62.8 Å². The summed E-state index contributed by atoms with van der Waals surface area (Å²) in [6.45, 7) is 2.40. The Kier molecular flexibility index (Phi) is 6.38. The number of carbonyl (C=O) groups excluding carboxylic acids is 1. The second kappa shape index (κ2) is 8.95. The molecular formula is C20H22N4O4S. The maximum atomic E-state index is 12.8. The number of imidazole rings is 1. The van der Waals surface area contributed by atoms with Gasteiger partial charge < -0.3 is 9.30 Å². The number of aryl methyl sites for hydroxylation is 1. The van der Waals surface area contributed by atoms with E-state index in [0.717, 1.165) is 10.1 Å². The predicted octanol–water partition coefficient (Wildman–Crippen LogP) is 1.80. The monoisotopic (exact) mass is 414 g/mol. The number of hydrogen-bond donors (Lipinski definition) is 0. The zero-order chi connectivity index (χ0) is 21.0. The number of allylic oxidation sites excluding steroid dienone is 1. The summed E-state index contributed by atoms with van der Waals surface area (Å²) in [6.07, 6.45) is 3.85. The third kappa shape index (κ3) is 4.34. The highest BCUT2D eigenvalue weighted by atomic mass is 32.2. The lowest BCUT2D eigenvalue weighted by Gasteiger charge is -2.07. The first kappa shape index (κ1) is 20.7. The molecule has 0 spiro atoms. The first-order valence-corrected chi connectivity index (χ1v) is 10.1. The first-order valence-electron chi connectivity index (χ1n) is 9.10. The van der Waals surface area contributed by atoms with E-state index >= 15 is 0 Å². The largest absolute Gasteiger partial charge is 0.465 e. The Morgan fingerprint density at radius 1 is 1.17 bits per heavy atom. The van der Waals surface area contributed by atoms with Crippen LogP contribution in [0.1, 0.15) is 12.5 Å². The summed E-state index contributed by atoms with van der Waals surface area (Å²) in [5.74, 6) is -0.300. The van der Waals surface area contributed by atoms with Crippen molar-refractivity contribution in [2.75, 3.05) is 12.4 Å². The molecule has 29 heavy (non-hydrogen) atoms. The van der Waals surface area contributed by atoms with Crippen molar-refractivity contribution in [2.24, 2.45) is 14.1 Å². The van der Waals surface area contributed by atoms with Crippen LogP contribution in [0.5, 0.6) is 0 Å². The van der Waals surface area contributed by atoms with Gasteiger partial charge in [0, 0.05) is 20.6 Å². The molecule has 0 aliphatic carbocycles. The number of carbonyl (C=O) groups is 1. The smallest absolute Gasteiger partial charge is 0.332 e. The number of esters is 1. The van der Waals surface area contributed by atoms with Gasteiger partial charge in [-0.15, -0.1) is 0 Å². The SMILES string of the molecule is CCOC(=O)CSc1nc2c(c(=O)n(C)c(=O)n2C)n1CC=Cc1ccccc1. The molecule has 0 aliphatic rings. The van der Waals surface area contributed by atoms with E-state index < -0.39 is 11.2 Å². The van der Waals surface area contributed by atoms with Crippen LogP contribution in [0.4, 0.5) is 0 Å². The van der Waals surface area contributed by atoms with Gasteiger partial charge in [0.1, 0.15) is 0 Å². The zero-order valence-corrected chi connectivity index (χ0v) is 17.3. The summed E-state index contributed by atoms with van der Waals surface area (Å²) in [5.41, 5.74) is 0.759. The van der Waals surface area contributed by atoms with Crippen LogP contribution < -0.4 is 11.2 Å². The highest BCUT2D eigenvalue weighted by Gasteiger charge is 2.19. The molecule has 1 aromatic carbocycles. The Hall–Kier alpha value is -3.07. The van der Waals surface area contributed by atoms with Crippen molar-refractivity contribution in [1.82, 2.24) is 18.7 Å². The van der Waals surface area contributed by atoms with E-state index in [1.165, 1.54) is 23.4 Å². The maximum Gasteiger partial charge on any atom is 0.332 e. The van der Waals surface area contributed by atoms with Crippen molar-refractivity contribution >= 4 is 35.0 Å². The number of thioether (sulfide) groups is 1. The van der Waals surface area contributed by atoms with E-state index in [0.29, 0.717) is 23.8 Å². The molecule has 0 radical (unpaired) electrons. The van der Waals surface area contributed by atoms with E-state index in [4.69, 9.17) is 4.74 Å². The molecule has 0 N–H and O–H groups in total. The van der Waals surface area contributed by atoms with Gasteiger partial charge in [0.25, 0.3) is 5.56 Å². The second-order valence-electron chi connectivity index (χ2n) is 6.29. The van der Waals surface area contributed by atoms with Crippen molar-refractivity contribution in [3.63, 3.8) is 0 Å². The lowest BCUT2D eigenvalue weighted by Crippen LogP contribution is -2.37. The van der Waals surface area contributed by atoms with Gasteiger partial charge in [-0.3, -0.25) is 18.7 Å². The van der Waals surface area contributed by atoms with Gasteiger partial charge in [-0.2, -0.15) is 0 Å². The topological polar surface area (TPSA) is 88.1 Å². The molecule has 0 amide bonds. The van der Waals surface area contributed by atoms with Gasteiger partial charge >= 0.3 is 11.7 Å². The van der Waals surface area contributed by atoms with Gasteiger partial charge in [0.2, 0.25) is 0 Å². The molecule has 0 atom stereocenters. The molecule has 3 aromatic rings. The highest BCUT2D eigenvalue weighted by molar-refractivity contribution is 7.99. The van der Waals surface area contributed by atoms with Crippen LogP contribution in [0.15, 0.2) is 51.2 Å². The van der Waals surface area contributed by atoms with E-state index in [2.05, 4.69) is 4.98 Å². The molecule has 8 nitrogen and oxygen atoms in total. The molecule has 0 unspecified atom stereocenters. The van der Waals surface area contributed by atoms with Gasteiger partial charge in [-0.25, -0.2) is 9.78 Å². The zero-order valence-electron chi connectivity index (χ0n) is 16.5. The van der Waals surface area contributed by atoms with E-state index in [-0.39, 0.29) is 17.4 Å². The minimum absolute atomic E-state index is 0.0633. The summed E-state index contributed by atoms with van der Waals surface area (Å²) >= 11 is 1.18. The Morgan fingerprint density at radius 2 is 1.90 bits per heavy atom. The summed E-state index contributed by atoms with van der Waals surface area (Å²) in [5, 5.41) is 0.476. The lowest BCUT2D eigenvalue weighted by molar-refractivity contribution is -0.139. The molecule has 2 aromatic heterocycles. The molecule has 152 valence electrons. The molecule has 0 fully saturated rings. The Labute approximate surface area is 171 Å². The van der Waals surface area contributed by atoms with Gasteiger partial charge in [0.15, 0.2) is 16.3 Å². The fraction of sp³-hybridized carbons (Fsp3) is 0.300. The van der Waals surface area contributed by atoms with Crippen LogP contribution in [-0.2, 0) is 30.2 Å². The van der Waals surface area contributed by atoms with Crippen molar-refractivity contribution in [3.8, 4) is 0 Å². The number of rotatable bonds is 7. The molecule has 2 heterocycles. The number of hydrogen-bond acceptors (Lipinski definition) is 6. The summed E-state index contributed by atoms with van der Waals surface area (Å²) < 4.78 is 9.09. The molecular weight excluding hydrogens is 392 g/mol. The summed E-state index contributed by atoms with van der Waals surface area (Å²) in [6, 6.07) is 9.77. The molecule has 0 saturated carbocycles. The number of ether oxygens (including phenoxy) is 1. The van der Waals surface area contributed by atoms with Crippen molar-refractivity contribution in [1.29, 1.82) is 0 Å². The van der Waals surface area contributed by atoms with Crippen molar-refractivity contribution in [2.45, 2.75) is 18.6 Å². The lowest BCUT2D eigenvalue weighted by atomic mass is 10.2. The molecule has 0 aliphatic heterocycles. The predicted molar refractivity (Wildman–Crippen MR) is 113 cm³/mol. The van der Waals surface area contributed by atoms with E-state index in [1.54, 1.807) is 18.5 Å². The number of aromatic nitrogens is 4. The fourth-order valence-corrected chi connectivity index (χ4v) is 3.69. The number of benzene rings is 1. The standard InChI is InChI=1S/C20H22N4O4S/c1-4-28-15(25)13-29-19-21-17-16(18(26)23(3)20(27)22(17)2)24(19)12-8-11-14-9-6-5-7-10-14/h5-11H,4,12-13H2,1-3H3. The molecule has 3 rings (SSSR count). The van der Waals surface area contributed by atoms with Crippen LogP contribution in [0.3, 0.4) is 0 Å². The minimum Gasteiger partial charge on any atom is -0.465 e. The van der Waals surface area contributed by atoms with E-state index in [1.807, 2.05) is 42.5 Å². The Balaban J connectivity index is 2.04. The Bertz CT molecular complexity index is 1180. The highest BCUT2D eigenvalue weighted by Crippen LogP contribution is 2.22. The molecule has 0 bridgehead atoms. The summed E-state index contributed by atoms with van der Waals surface area (Å²) in [7, 11) is 3.01. The van der Waals surface area contributed by atoms with Crippen LogP contribution in [0.25, 0.3) is 17.2 Å². The Morgan fingerprint density at radius 3 is 2.59 bits per heavy atom. The van der Waals surface area contributed by atoms with Gasteiger partial charge in [0.05, 0.1) is 12.4 Å². The number of fused-ring (bicyclic) bond motifs is 1. The van der Waals surface area contributed by atoms with E-state index in [9.17, 15) is 14.4 Å². The van der Waals surface area contributed by atoms with Gasteiger partial charge in [-0.05, 0) is 12.5 Å². The van der Waals surface area contributed by atoms with Gasteiger partial charge in [-0.1, -0.05) is 54.2 Å². The average molecular weight is 414 g/mol. The normalized spacial score (nSPS) is 11.4. The second-order valence-corrected chi connectivity index (χ2v) is 7.23. The third-order valence-electron chi connectivity index (χ3n) is 4.34.